The van der Waals surface area contributed by atoms with E-state index in [4.69, 9.17) is 4.74 Å². The Kier molecular flexibility index (Phi) is 10.2. The fourth-order valence-electron chi connectivity index (χ4n) is 2.19. The van der Waals surface area contributed by atoms with Crippen LogP contribution in [0.25, 0.3) is 0 Å². The second-order valence-electron chi connectivity index (χ2n) is 4.51. The van der Waals surface area contributed by atoms with Gasteiger partial charge in [0.1, 0.15) is 6.10 Å². The molecular weight excluding hydrogens is 230 g/mol. The molecule has 5 atom stereocenters. The van der Waals surface area contributed by atoms with Crippen LogP contribution in [0.3, 0.4) is 0 Å². The van der Waals surface area contributed by atoms with Crippen molar-refractivity contribution in [1.29, 1.82) is 0 Å². The van der Waals surface area contributed by atoms with E-state index < -0.39 is 0 Å². The highest BCUT2D eigenvalue weighted by molar-refractivity contribution is 5.73. The zero-order valence-electron chi connectivity index (χ0n) is 11.9. The number of aliphatic hydroxyl groups excluding tert-OH is 1. The highest BCUT2D eigenvalue weighted by Crippen LogP contribution is 2.30. The fourth-order valence-corrected chi connectivity index (χ4v) is 2.19. The van der Waals surface area contributed by atoms with Gasteiger partial charge in [-0.2, -0.15) is 0 Å². The van der Waals surface area contributed by atoms with Crippen molar-refractivity contribution in [2.45, 2.75) is 67.2 Å². The maximum atomic E-state index is 11.1. The molecule has 0 aliphatic carbocycles. The lowest BCUT2D eigenvalue weighted by molar-refractivity contribution is -0.140. The third-order valence-corrected chi connectivity index (χ3v) is 3.48. The molecule has 1 saturated heterocycles. The Bertz CT molecular complexity index is 231. The summed E-state index contributed by atoms with van der Waals surface area (Å²) in [5.74, 6) is 0.620. The first kappa shape index (κ1) is 19.7. The summed E-state index contributed by atoms with van der Waals surface area (Å²) in [7, 11) is 0. The van der Waals surface area contributed by atoms with Crippen LogP contribution in [-0.4, -0.2) is 35.9 Å². The van der Waals surface area contributed by atoms with Crippen molar-refractivity contribution >= 4 is 5.91 Å². The van der Waals surface area contributed by atoms with Gasteiger partial charge in [-0.1, -0.05) is 35.1 Å². The smallest absolute Gasteiger partial charge is 0.217 e. The van der Waals surface area contributed by atoms with Crippen LogP contribution in [0.4, 0.5) is 0 Å². The van der Waals surface area contributed by atoms with Gasteiger partial charge >= 0.3 is 0 Å². The van der Waals surface area contributed by atoms with Crippen molar-refractivity contribution in [2.24, 2.45) is 11.8 Å². The SMILES string of the molecule is C.CC.CC(=O)NC1[C@H](CO)OC(C)[C@@H](C)[C@H]1C. The van der Waals surface area contributed by atoms with E-state index in [0.29, 0.717) is 11.8 Å². The Morgan fingerprint density at radius 2 is 1.72 bits per heavy atom. The molecule has 0 saturated carbocycles. The van der Waals surface area contributed by atoms with Gasteiger partial charge in [0.05, 0.1) is 18.8 Å². The molecule has 0 spiro atoms. The number of ether oxygens (including phenoxy) is 1. The molecule has 0 aromatic rings. The van der Waals surface area contributed by atoms with E-state index in [1.54, 1.807) is 0 Å². The Morgan fingerprint density at radius 1 is 1.22 bits per heavy atom. The van der Waals surface area contributed by atoms with E-state index in [1.807, 2.05) is 20.8 Å². The maximum Gasteiger partial charge on any atom is 0.217 e. The zero-order valence-corrected chi connectivity index (χ0v) is 11.9. The number of hydrogen-bond acceptors (Lipinski definition) is 3. The Morgan fingerprint density at radius 3 is 2.11 bits per heavy atom. The molecule has 1 fully saturated rings. The maximum absolute atomic E-state index is 11.1. The number of carbonyl (C=O) groups is 1. The molecule has 1 amide bonds. The molecular formula is C14H31NO3. The van der Waals surface area contributed by atoms with Crippen LogP contribution < -0.4 is 5.32 Å². The van der Waals surface area contributed by atoms with Gasteiger partial charge in [-0.05, 0) is 18.8 Å². The largest absolute Gasteiger partial charge is 0.394 e. The number of nitrogens with one attached hydrogen (secondary N) is 1. The minimum absolute atomic E-state index is 0. The lowest BCUT2D eigenvalue weighted by atomic mass is 9.80. The molecule has 1 heterocycles. The number of carbonyl (C=O) groups excluding carboxylic acids is 1. The minimum atomic E-state index is -0.282. The molecule has 18 heavy (non-hydrogen) atoms. The first-order chi connectivity index (χ1) is 7.97. The number of amides is 1. The summed E-state index contributed by atoms with van der Waals surface area (Å²) in [6, 6.07) is -0.0845. The van der Waals surface area contributed by atoms with Crippen LogP contribution in [-0.2, 0) is 9.53 Å². The molecule has 2 N–H and O–H groups in total. The summed E-state index contributed by atoms with van der Waals surface area (Å²) in [6.45, 7) is 11.6. The van der Waals surface area contributed by atoms with Gasteiger partial charge in [-0.15, -0.1) is 0 Å². The molecule has 4 nitrogen and oxygen atoms in total. The number of rotatable bonds is 2. The fraction of sp³-hybridized carbons (Fsp3) is 0.929. The predicted octanol–water partition coefficient (Wildman–Crippen LogP) is 2.21. The highest BCUT2D eigenvalue weighted by Gasteiger charge is 2.39. The topological polar surface area (TPSA) is 58.6 Å². The average molecular weight is 261 g/mol. The summed E-state index contributed by atoms with van der Waals surface area (Å²) in [5.41, 5.74) is 0. The van der Waals surface area contributed by atoms with E-state index in [-0.39, 0.29) is 38.2 Å². The highest BCUT2D eigenvalue weighted by atomic mass is 16.5. The van der Waals surface area contributed by atoms with Crippen LogP contribution in [0.1, 0.15) is 49.0 Å². The number of hydrogen-bond donors (Lipinski definition) is 2. The first-order valence-corrected chi connectivity index (χ1v) is 6.50. The summed E-state index contributed by atoms with van der Waals surface area (Å²) in [5, 5.41) is 12.1. The predicted molar refractivity (Wildman–Crippen MR) is 75.4 cm³/mol. The van der Waals surface area contributed by atoms with Crippen molar-refractivity contribution in [3.63, 3.8) is 0 Å². The van der Waals surface area contributed by atoms with Crippen LogP contribution in [0.2, 0.25) is 0 Å². The average Bonchev–Trinajstić information content (AvgIpc) is 2.32. The van der Waals surface area contributed by atoms with Crippen molar-refractivity contribution < 1.29 is 14.6 Å². The van der Waals surface area contributed by atoms with Crippen LogP contribution in [0, 0.1) is 11.8 Å². The van der Waals surface area contributed by atoms with Crippen molar-refractivity contribution in [2.75, 3.05) is 6.61 Å². The monoisotopic (exact) mass is 261 g/mol. The van der Waals surface area contributed by atoms with Crippen LogP contribution in [0.5, 0.6) is 0 Å². The quantitative estimate of drug-likeness (QED) is 0.801. The van der Waals surface area contributed by atoms with Gasteiger partial charge in [-0.3, -0.25) is 4.79 Å². The van der Waals surface area contributed by atoms with E-state index >= 15 is 0 Å². The van der Waals surface area contributed by atoms with Gasteiger partial charge in [0, 0.05) is 6.92 Å². The van der Waals surface area contributed by atoms with Crippen LogP contribution >= 0.6 is 0 Å². The summed E-state index contributed by atoms with van der Waals surface area (Å²) >= 11 is 0. The lowest BCUT2D eigenvalue weighted by Gasteiger charge is -2.43. The van der Waals surface area contributed by atoms with Gasteiger partial charge < -0.3 is 15.2 Å². The molecule has 0 bridgehead atoms. The van der Waals surface area contributed by atoms with Crippen LogP contribution in [0.15, 0.2) is 0 Å². The molecule has 4 heteroatoms. The normalized spacial score (nSPS) is 34.7. The van der Waals surface area contributed by atoms with Crippen molar-refractivity contribution in [1.82, 2.24) is 5.32 Å². The molecule has 1 rings (SSSR count). The molecule has 2 unspecified atom stereocenters. The molecule has 1 aliphatic rings. The van der Waals surface area contributed by atoms with Gasteiger partial charge in [0.2, 0.25) is 5.91 Å². The van der Waals surface area contributed by atoms with E-state index in [9.17, 15) is 9.90 Å². The molecule has 110 valence electrons. The molecule has 0 radical (unpaired) electrons. The zero-order chi connectivity index (χ0) is 13.6. The number of aliphatic hydroxyl groups is 1. The lowest BCUT2D eigenvalue weighted by Crippen LogP contribution is -2.57. The first-order valence-electron chi connectivity index (χ1n) is 6.50. The molecule has 0 aromatic carbocycles. The van der Waals surface area contributed by atoms with Gasteiger partial charge in [-0.25, -0.2) is 0 Å². The second-order valence-corrected chi connectivity index (χ2v) is 4.51. The third kappa shape index (κ3) is 4.94. The summed E-state index contributed by atoms with van der Waals surface area (Å²) in [6.07, 6.45) is -0.155. The Labute approximate surface area is 112 Å². The van der Waals surface area contributed by atoms with Gasteiger partial charge in [0.15, 0.2) is 0 Å². The standard InChI is InChI=1S/C11H21NO3.C2H6.CH4/c1-6-7(2)11(12-9(4)14)10(5-13)15-8(6)3;1-2;/h6-8,10-11,13H,5H2,1-4H3,(H,12,14);1-2H3;1H4/t6-,7+,8?,10-,11?;;/m0../s1. The Hall–Kier alpha value is -0.610. The third-order valence-electron chi connectivity index (χ3n) is 3.48. The van der Waals surface area contributed by atoms with E-state index in [0.717, 1.165) is 0 Å². The summed E-state index contributed by atoms with van der Waals surface area (Å²) in [4.78, 5) is 11.1. The van der Waals surface area contributed by atoms with Gasteiger partial charge in [0.25, 0.3) is 0 Å². The van der Waals surface area contributed by atoms with E-state index in [1.165, 1.54) is 6.92 Å². The molecule has 0 aromatic heterocycles. The Balaban J connectivity index is 0. The van der Waals surface area contributed by atoms with Crippen molar-refractivity contribution in [3.05, 3.63) is 0 Å². The molecule has 1 aliphatic heterocycles. The second kappa shape index (κ2) is 9.34. The minimum Gasteiger partial charge on any atom is -0.394 e. The van der Waals surface area contributed by atoms with E-state index in [2.05, 4.69) is 19.2 Å². The van der Waals surface area contributed by atoms with Crippen molar-refractivity contribution in [3.8, 4) is 0 Å². The summed E-state index contributed by atoms with van der Waals surface area (Å²) < 4.78 is 5.67.